The third-order valence-corrected chi connectivity index (χ3v) is 5.35. The Hall–Kier alpha value is -3.54. The van der Waals surface area contributed by atoms with E-state index in [1.807, 2.05) is 91.0 Å². The van der Waals surface area contributed by atoms with Gasteiger partial charge in [0.15, 0.2) is 0 Å². The quantitative estimate of drug-likeness (QED) is 0.350. The fourth-order valence-electron chi connectivity index (χ4n) is 3.60. The average molecular weight is 426 g/mol. The minimum absolute atomic E-state index is 0.0860. The Balaban J connectivity index is 1.22. The van der Waals surface area contributed by atoms with Gasteiger partial charge in [0, 0.05) is 17.6 Å². The molecule has 1 atom stereocenters. The zero-order valence-corrected chi connectivity index (χ0v) is 17.9. The topological polar surface area (TPSA) is 74.2 Å². The van der Waals surface area contributed by atoms with E-state index in [2.05, 4.69) is 15.6 Å². The Morgan fingerprint density at radius 1 is 0.875 bits per heavy atom. The number of nitrogens with one attached hydrogen (secondary N) is 2. The normalized spacial score (nSPS) is 11.9. The van der Waals surface area contributed by atoms with Gasteiger partial charge in [-0.3, -0.25) is 9.78 Å². The molecule has 0 spiro atoms. The molecule has 4 rings (SSSR count). The van der Waals surface area contributed by atoms with Crippen LogP contribution in [0.5, 0.6) is 0 Å². The monoisotopic (exact) mass is 425 g/mol. The van der Waals surface area contributed by atoms with Crippen molar-refractivity contribution in [2.45, 2.75) is 18.9 Å². The molecule has 0 aliphatic carbocycles. The van der Waals surface area contributed by atoms with Crippen LogP contribution in [0.15, 0.2) is 91.0 Å². The number of aromatic nitrogens is 1. The molecule has 4 aromatic rings. The van der Waals surface area contributed by atoms with Gasteiger partial charge in [0.25, 0.3) is 0 Å². The number of rotatable bonds is 9. The molecule has 3 aromatic carbocycles. The predicted molar refractivity (Wildman–Crippen MR) is 128 cm³/mol. The average Bonchev–Trinajstić information content (AvgIpc) is 2.83. The maximum Gasteiger partial charge on any atom is 0.230 e. The summed E-state index contributed by atoms with van der Waals surface area (Å²) in [6.45, 7) is 1.28. The number of aliphatic hydroxyl groups excluding tert-OH is 1. The lowest BCUT2D eigenvalue weighted by molar-refractivity contribution is -0.115. The first-order chi connectivity index (χ1) is 15.7. The number of anilines is 1. The number of aliphatic hydroxyl groups is 1. The highest BCUT2D eigenvalue weighted by Gasteiger charge is 2.07. The molecule has 1 aromatic heterocycles. The van der Waals surface area contributed by atoms with E-state index in [1.54, 1.807) is 0 Å². The second-order valence-electron chi connectivity index (χ2n) is 7.80. The molecule has 0 radical (unpaired) electrons. The molecular formula is C27H27N3O2. The lowest BCUT2D eigenvalue weighted by atomic mass is 10.1. The van der Waals surface area contributed by atoms with Crippen molar-refractivity contribution in [3.8, 4) is 0 Å². The van der Waals surface area contributed by atoms with Crippen molar-refractivity contribution in [2.24, 2.45) is 0 Å². The van der Waals surface area contributed by atoms with Crippen molar-refractivity contribution in [1.82, 2.24) is 10.3 Å². The molecule has 32 heavy (non-hydrogen) atoms. The molecule has 0 fully saturated rings. The Kier molecular flexibility index (Phi) is 7.23. The minimum Gasteiger partial charge on any atom is -0.387 e. The maximum absolute atomic E-state index is 12.4. The summed E-state index contributed by atoms with van der Waals surface area (Å²) in [5.41, 5.74) is 4.50. The van der Waals surface area contributed by atoms with Crippen LogP contribution in [-0.4, -0.2) is 29.1 Å². The molecule has 0 saturated heterocycles. The fraction of sp³-hybridized carbons (Fsp3) is 0.185. The van der Waals surface area contributed by atoms with Gasteiger partial charge in [-0.2, -0.15) is 0 Å². The van der Waals surface area contributed by atoms with Crippen LogP contribution in [0.2, 0.25) is 0 Å². The van der Waals surface area contributed by atoms with Gasteiger partial charge in [0.1, 0.15) is 0 Å². The van der Waals surface area contributed by atoms with E-state index in [0.29, 0.717) is 6.54 Å². The Bertz CT molecular complexity index is 1160. The van der Waals surface area contributed by atoms with Crippen molar-refractivity contribution >= 4 is 22.5 Å². The number of amides is 1. The molecule has 1 amide bonds. The van der Waals surface area contributed by atoms with Crippen molar-refractivity contribution in [3.05, 3.63) is 108 Å². The van der Waals surface area contributed by atoms with Crippen LogP contribution in [0, 0.1) is 0 Å². The van der Waals surface area contributed by atoms with Crippen LogP contribution < -0.4 is 10.6 Å². The van der Waals surface area contributed by atoms with Crippen LogP contribution in [-0.2, 0) is 17.6 Å². The van der Waals surface area contributed by atoms with Gasteiger partial charge in [0.2, 0.25) is 5.91 Å². The molecule has 3 N–H and O–H groups in total. The highest BCUT2D eigenvalue weighted by Crippen LogP contribution is 2.14. The Labute approximate surface area is 188 Å². The summed E-state index contributed by atoms with van der Waals surface area (Å²) in [6, 6.07) is 29.3. The SMILES string of the molecule is O=C(Cc1ccc2ccccc2n1)Nc1ccc(CCNC[C@H](O)c2ccccc2)cc1. The summed E-state index contributed by atoms with van der Waals surface area (Å²) in [6.07, 6.45) is 0.572. The van der Waals surface area contributed by atoms with Gasteiger partial charge in [-0.15, -0.1) is 0 Å². The standard InChI is InChI=1S/C27H27N3O2/c31-26(22-7-2-1-3-8-22)19-28-17-16-20-10-13-23(14-11-20)30-27(32)18-24-15-12-21-6-4-5-9-25(21)29-24/h1-15,26,28,31H,16-19H2,(H,30,32)/t26-/m0/s1. The van der Waals surface area contributed by atoms with E-state index in [-0.39, 0.29) is 12.3 Å². The van der Waals surface area contributed by atoms with Crippen molar-refractivity contribution < 1.29 is 9.90 Å². The smallest absolute Gasteiger partial charge is 0.230 e. The van der Waals surface area contributed by atoms with Crippen LogP contribution in [0.4, 0.5) is 5.69 Å². The first-order valence-corrected chi connectivity index (χ1v) is 10.8. The van der Waals surface area contributed by atoms with E-state index in [4.69, 9.17) is 0 Å². The van der Waals surface area contributed by atoms with Crippen molar-refractivity contribution in [1.29, 1.82) is 0 Å². The van der Waals surface area contributed by atoms with Gasteiger partial charge in [0.05, 0.1) is 23.7 Å². The van der Waals surface area contributed by atoms with Gasteiger partial charge >= 0.3 is 0 Å². The molecule has 5 heteroatoms. The number of carbonyl (C=O) groups is 1. The fourth-order valence-corrected chi connectivity index (χ4v) is 3.60. The summed E-state index contributed by atoms with van der Waals surface area (Å²) in [5.74, 6) is -0.0860. The number of carbonyl (C=O) groups excluding carboxylic acids is 1. The maximum atomic E-state index is 12.4. The lowest BCUT2D eigenvalue weighted by Crippen LogP contribution is -2.23. The summed E-state index contributed by atoms with van der Waals surface area (Å²) < 4.78 is 0. The molecule has 0 unspecified atom stereocenters. The Morgan fingerprint density at radius 2 is 1.62 bits per heavy atom. The number of hydrogen-bond acceptors (Lipinski definition) is 4. The summed E-state index contributed by atoms with van der Waals surface area (Å²) in [4.78, 5) is 17.0. The zero-order valence-electron chi connectivity index (χ0n) is 17.9. The van der Waals surface area contributed by atoms with Gasteiger partial charge in [-0.05, 0) is 48.4 Å². The zero-order chi connectivity index (χ0) is 22.2. The molecule has 0 aliphatic rings. The second kappa shape index (κ2) is 10.7. The molecule has 5 nitrogen and oxygen atoms in total. The van der Waals surface area contributed by atoms with Crippen LogP contribution >= 0.6 is 0 Å². The third kappa shape index (κ3) is 6.00. The summed E-state index contributed by atoms with van der Waals surface area (Å²) in [7, 11) is 0. The molecule has 1 heterocycles. The van der Waals surface area contributed by atoms with Crippen LogP contribution in [0.1, 0.15) is 22.9 Å². The Morgan fingerprint density at radius 3 is 2.44 bits per heavy atom. The summed E-state index contributed by atoms with van der Waals surface area (Å²) >= 11 is 0. The molecule has 0 saturated carbocycles. The number of para-hydroxylation sites is 1. The van der Waals surface area contributed by atoms with Crippen molar-refractivity contribution in [3.63, 3.8) is 0 Å². The summed E-state index contributed by atoms with van der Waals surface area (Å²) in [5, 5.41) is 17.5. The minimum atomic E-state index is -0.508. The van der Waals surface area contributed by atoms with Crippen LogP contribution in [0.25, 0.3) is 10.9 Å². The molecule has 0 bridgehead atoms. The van der Waals surface area contributed by atoms with E-state index >= 15 is 0 Å². The highest BCUT2D eigenvalue weighted by atomic mass is 16.3. The van der Waals surface area contributed by atoms with Crippen molar-refractivity contribution in [2.75, 3.05) is 18.4 Å². The largest absolute Gasteiger partial charge is 0.387 e. The van der Waals surface area contributed by atoms with Crippen LogP contribution in [0.3, 0.4) is 0 Å². The first-order valence-electron chi connectivity index (χ1n) is 10.8. The van der Waals surface area contributed by atoms with E-state index in [0.717, 1.165) is 40.8 Å². The number of pyridine rings is 1. The van der Waals surface area contributed by atoms with Gasteiger partial charge < -0.3 is 15.7 Å². The predicted octanol–water partition coefficient (Wildman–Crippen LogP) is 4.28. The number of benzene rings is 3. The first kappa shape index (κ1) is 21.7. The van der Waals surface area contributed by atoms with E-state index in [1.165, 1.54) is 5.56 Å². The highest BCUT2D eigenvalue weighted by molar-refractivity contribution is 5.92. The third-order valence-electron chi connectivity index (χ3n) is 5.35. The molecule has 162 valence electrons. The molecule has 0 aliphatic heterocycles. The number of fused-ring (bicyclic) bond motifs is 1. The lowest BCUT2D eigenvalue weighted by Gasteiger charge is -2.12. The molecular weight excluding hydrogens is 398 g/mol. The van der Waals surface area contributed by atoms with E-state index < -0.39 is 6.10 Å². The van der Waals surface area contributed by atoms with E-state index in [9.17, 15) is 9.90 Å². The van der Waals surface area contributed by atoms with Gasteiger partial charge in [-0.1, -0.05) is 66.7 Å². The number of nitrogens with zero attached hydrogens (tertiary/aromatic N) is 1. The van der Waals surface area contributed by atoms with Gasteiger partial charge in [-0.25, -0.2) is 0 Å². The second-order valence-corrected chi connectivity index (χ2v) is 7.80. The number of hydrogen-bond donors (Lipinski definition) is 3.